The maximum atomic E-state index is 11.5. The van der Waals surface area contributed by atoms with Gasteiger partial charge in [-0.1, -0.05) is 115 Å². The first-order valence-electron chi connectivity index (χ1n) is 13.2. The molecule has 0 heterocycles. The molecule has 198 valence electrons. The maximum Gasteiger partial charge on any atom is 0.117 e. The average Bonchev–Trinajstić information content (AvgIpc) is 2.98. The van der Waals surface area contributed by atoms with Crippen LogP contribution in [0.4, 0.5) is 0 Å². The van der Waals surface area contributed by atoms with Gasteiger partial charge >= 0.3 is 0 Å². The van der Waals surface area contributed by atoms with Crippen molar-refractivity contribution in [1.82, 2.24) is 0 Å². The topological polar surface area (TPSA) is 53.8 Å². The summed E-state index contributed by atoms with van der Waals surface area (Å²) in [6.07, 6.45) is 0. The first-order chi connectivity index (χ1) is 18.6. The van der Waals surface area contributed by atoms with Crippen LogP contribution in [0.1, 0.15) is 53.4 Å². The lowest BCUT2D eigenvalue weighted by Gasteiger charge is -2.34. The van der Waals surface area contributed by atoms with E-state index in [9.17, 15) is 9.90 Å². The van der Waals surface area contributed by atoms with Gasteiger partial charge in [0.1, 0.15) is 4.75 Å². The van der Waals surface area contributed by atoms with Crippen LogP contribution >= 0.6 is 12.0 Å². The minimum atomic E-state index is -1.20. The Labute approximate surface area is 231 Å². The van der Waals surface area contributed by atoms with Crippen LogP contribution < -0.4 is 10.0 Å². The van der Waals surface area contributed by atoms with Crippen molar-refractivity contribution in [3.63, 3.8) is 0 Å². The van der Waals surface area contributed by atoms with Gasteiger partial charge in [-0.15, -0.1) is 0 Å². The monoisotopic (exact) mass is 527 g/mol. The van der Waals surface area contributed by atoms with Crippen LogP contribution in [0.2, 0.25) is 0 Å². The van der Waals surface area contributed by atoms with E-state index in [1.54, 1.807) is 23.1 Å². The Hall–Kier alpha value is -3.38. The largest absolute Gasteiger partial charge is 0.545 e. The third-order valence-corrected chi connectivity index (χ3v) is 7.87. The van der Waals surface area contributed by atoms with Crippen LogP contribution in [0.25, 0.3) is 0 Å². The highest BCUT2D eigenvalue weighted by molar-refractivity contribution is 7.96. The quantitative estimate of drug-likeness (QED) is 0.217. The summed E-state index contributed by atoms with van der Waals surface area (Å²) >= 11 is 1.33. The highest BCUT2D eigenvalue weighted by atomic mass is 32.2. The third kappa shape index (κ3) is 7.35. The molecule has 0 bridgehead atoms. The lowest BCUT2D eigenvalue weighted by molar-refractivity contribution is -0.894. The zero-order valence-electron chi connectivity index (χ0n) is 22.4. The van der Waals surface area contributed by atoms with Crippen molar-refractivity contribution in [2.24, 2.45) is 0 Å². The van der Waals surface area contributed by atoms with Crippen molar-refractivity contribution < 1.29 is 19.0 Å². The first kappa shape index (κ1) is 29.2. The summed E-state index contributed by atoms with van der Waals surface area (Å²) in [6.45, 7) is 10.6. The summed E-state index contributed by atoms with van der Waals surface area (Å²) < 4.78 is 5.54. The van der Waals surface area contributed by atoms with Crippen molar-refractivity contribution in [3.8, 4) is 0 Å². The molecule has 0 radical (unpaired) electrons. The lowest BCUT2D eigenvalue weighted by atomic mass is 9.84. The predicted molar refractivity (Wildman–Crippen MR) is 155 cm³/mol. The molecule has 0 spiro atoms. The number of benzene rings is 4. The van der Waals surface area contributed by atoms with Crippen LogP contribution in [0, 0.1) is 0 Å². The van der Waals surface area contributed by atoms with Gasteiger partial charge in [-0.3, -0.25) is 0 Å². The third-order valence-electron chi connectivity index (χ3n) is 6.68. The predicted octanol–water partition coefficient (Wildman–Crippen LogP) is 5.14. The Balaban J connectivity index is 0.000000505. The first-order valence-corrected chi connectivity index (χ1v) is 13.9. The van der Waals surface area contributed by atoms with E-state index >= 15 is 0 Å². The smallest absolute Gasteiger partial charge is 0.117 e. The lowest BCUT2D eigenvalue weighted by Crippen LogP contribution is -3.11. The highest BCUT2D eigenvalue weighted by Gasteiger charge is 2.38. The molecule has 0 atom stereocenters. The number of quaternary nitrogens is 1. The number of aromatic carboxylic acids is 1. The Morgan fingerprint density at radius 2 is 1.08 bits per heavy atom. The van der Waals surface area contributed by atoms with Gasteiger partial charge in [-0.2, -0.15) is 0 Å². The van der Waals surface area contributed by atoms with E-state index in [1.165, 1.54) is 37.7 Å². The Morgan fingerprint density at radius 1 is 0.684 bits per heavy atom. The Bertz CT molecular complexity index is 1130. The number of carbonyl (C=O) groups excluding carboxylic acids is 1. The number of carboxylic acid groups (broad SMARTS) is 1. The van der Waals surface area contributed by atoms with Gasteiger partial charge in [0.2, 0.25) is 0 Å². The molecule has 4 aromatic rings. The second-order valence-electron chi connectivity index (χ2n) is 8.88. The fourth-order valence-electron chi connectivity index (χ4n) is 4.44. The molecule has 4 rings (SSSR count). The second kappa shape index (κ2) is 15.1. The van der Waals surface area contributed by atoms with Crippen molar-refractivity contribution >= 4 is 18.0 Å². The second-order valence-corrected chi connectivity index (χ2v) is 9.89. The minimum absolute atomic E-state index is 0.142. The number of hydrogen-bond acceptors (Lipinski definition) is 4. The van der Waals surface area contributed by atoms with E-state index in [0.29, 0.717) is 5.56 Å². The summed E-state index contributed by atoms with van der Waals surface area (Å²) in [5.74, 6) is -1.20. The Morgan fingerprint density at radius 3 is 1.45 bits per heavy atom. The summed E-state index contributed by atoms with van der Waals surface area (Å²) in [4.78, 5) is 13.2. The van der Waals surface area contributed by atoms with Gasteiger partial charge in [0.15, 0.2) is 0 Å². The number of carboxylic acids is 1. The molecule has 0 fully saturated rings. The standard InChI is InChI=1S/C27H22O3S.C6H15N/c28-26(29)25-19-11-10-12-21(25)20-30-31-27(22-13-4-1-5-14-22,23-15-6-2-7-16-23)24-17-8-3-9-18-24;1-4-7(5-2)6-3/h1-19H,20H2,(H,28,29);4-6H2,1-3H3. The maximum absolute atomic E-state index is 11.5. The van der Waals surface area contributed by atoms with E-state index in [4.69, 9.17) is 4.18 Å². The summed E-state index contributed by atoms with van der Waals surface area (Å²) in [7, 11) is 0. The SMILES string of the molecule is CC[NH+](CC)CC.O=C([O-])c1ccccc1COSC(c1ccccc1)(c1ccccc1)c1ccccc1. The molecule has 0 unspecified atom stereocenters. The summed E-state index contributed by atoms with van der Waals surface area (Å²) in [6, 6.07) is 37.4. The van der Waals surface area contributed by atoms with Crippen molar-refractivity contribution in [2.75, 3.05) is 19.6 Å². The zero-order chi connectivity index (χ0) is 27.2. The summed E-state index contributed by atoms with van der Waals surface area (Å²) in [5, 5.41) is 11.5. The van der Waals surface area contributed by atoms with Gasteiger partial charge < -0.3 is 19.0 Å². The minimum Gasteiger partial charge on any atom is -0.545 e. The van der Waals surface area contributed by atoms with Crippen LogP contribution in [0.15, 0.2) is 115 Å². The fraction of sp³-hybridized carbons (Fsp3) is 0.242. The molecular weight excluding hydrogens is 490 g/mol. The van der Waals surface area contributed by atoms with Crippen molar-refractivity contribution in [2.45, 2.75) is 32.1 Å². The molecule has 5 heteroatoms. The molecule has 0 aliphatic carbocycles. The molecule has 1 N–H and O–H groups in total. The van der Waals surface area contributed by atoms with E-state index < -0.39 is 10.7 Å². The average molecular weight is 528 g/mol. The van der Waals surface area contributed by atoms with Gasteiger partial charge in [0.25, 0.3) is 0 Å². The van der Waals surface area contributed by atoms with Gasteiger partial charge in [-0.05, 0) is 43.0 Å². The van der Waals surface area contributed by atoms with E-state index in [2.05, 4.69) is 57.2 Å². The highest BCUT2D eigenvalue weighted by Crippen LogP contribution is 2.49. The molecule has 38 heavy (non-hydrogen) atoms. The molecule has 4 nitrogen and oxygen atoms in total. The van der Waals surface area contributed by atoms with Gasteiger partial charge in [-0.25, -0.2) is 0 Å². The zero-order valence-corrected chi connectivity index (χ0v) is 23.2. The molecule has 0 saturated heterocycles. The van der Waals surface area contributed by atoms with E-state index in [1.807, 2.05) is 54.6 Å². The molecule has 0 aliphatic heterocycles. The number of nitrogens with one attached hydrogen (secondary N) is 1. The number of hydrogen-bond donors (Lipinski definition) is 1. The van der Waals surface area contributed by atoms with E-state index in [-0.39, 0.29) is 12.2 Å². The molecule has 0 amide bonds. The van der Waals surface area contributed by atoms with Crippen LogP contribution in [-0.4, -0.2) is 25.6 Å². The van der Waals surface area contributed by atoms with Crippen molar-refractivity contribution in [3.05, 3.63) is 143 Å². The van der Waals surface area contributed by atoms with Gasteiger partial charge in [0.05, 0.1) is 32.2 Å². The molecular formula is C33H37NO3S. The van der Waals surface area contributed by atoms with Crippen LogP contribution in [-0.2, 0) is 15.5 Å². The van der Waals surface area contributed by atoms with E-state index in [0.717, 1.165) is 16.7 Å². The number of carbonyl (C=O) groups is 1. The Kier molecular flexibility index (Phi) is 11.6. The molecule has 0 saturated carbocycles. The number of rotatable bonds is 11. The molecule has 0 aromatic heterocycles. The normalized spacial score (nSPS) is 11.1. The van der Waals surface area contributed by atoms with Crippen LogP contribution in [0.3, 0.4) is 0 Å². The summed E-state index contributed by atoms with van der Waals surface area (Å²) in [5.41, 5.74) is 3.95. The molecule has 4 aromatic carbocycles. The molecule has 0 aliphatic rings. The van der Waals surface area contributed by atoms with Crippen LogP contribution in [0.5, 0.6) is 0 Å². The van der Waals surface area contributed by atoms with Crippen molar-refractivity contribution in [1.29, 1.82) is 0 Å². The fourth-order valence-corrected chi connectivity index (χ4v) is 5.50. The van der Waals surface area contributed by atoms with Gasteiger partial charge in [0, 0.05) is 17.6 Å².